The first-order valence-electron chi connectivity index (χ1n) is 5.96. The van der Waals surface area contributed by atoms with Crippen LogP contribution in [0, 0.1) is 0 Å². The molecule has 0 radical (unpaired) electrons. The van der Waals surface area contributed by atoms with Gasteiger partial charge in [-0.1, -0.05) is 33.6 Å². The number of nitrogens with one attached hydrogen (secondary N) is 1. The Morgan fingerprint density at radius 2 is 2.00 bits per heavy atom. The van der Waals surface area contributed by atoms with E-state index in [-0.39, 0.29) is 11.5 Å². The van der Waals surface area contributed by atoms with Gasteiger partial charge in [0.1, 0.15) is 0 Å². The summed E-state index contributed by atoms with van der Waals surface area (Å²) in [4.78, 5) is 11.4. The van der Waals surface area contributed by atoms with Gasteiger partial charge in [-0.25, -0.2) is 0 Å². The molecule has 0 saturated heterocycles. The van der Waals surface area contributed by atoms with E-state index in [4.69, 9.17) is 4.74 Å². The zero-order valence-corrected chi connectivity index (χ0v) is 10.6. The molecular formula is C12H25NO2. The molecule has 15 heavy (non-hydrogen) atoms. The van der Waals surface area contributed by atoms with Crippen LogP contribution < -0.4 is 5.32 Å². The highest BCUT2D eigenvalue weighted by molar-refractivity contribution is 5.70. The Labute approximate surface area is 93.6 Å². The second-order valence-electron chi connectivity index (χ2n) is 4.02. The molecule has 0 spiro atoms. The molecule has 0 aromatic rings. The third kappa shape index (κ3) is 5.17. The molecule has 0 saturated carbocycles. The number of carbonyl (C=O) groups is 1. The van der Waals surface area contributed by atoms with Gasteiger partial charge in [-0.3, -0.25) is 4.79 Å². The van der Waals surface area contributed by atoms with Crippen molar-refractivity contribution in [3.63, 3.8) is 0 Å². The van der Waals surface area contributed by atoms with Gasteiger partial charge in [-0.05, 0) is 19.4 Å². The molecule has 1 N–H and O–H groups in total. The average Bonchev–Trinajstić information content (AvgIpc) is 2.26. The summed E-state index contributed by atoms with van der Waals surface area (Å²) in [6, 6.07) is 0. The minimum atomic E-state index is -0.117. The van der Waals surface area contributed by atoms with Crippen molar-refractivity contribution in [1.82, 2.24) is 5.32 Å². The van der Waals surface area contributed by atoms with Crippen LogP contribution in [0.15, 0.2) is 0 Å². The third-order valence-electron chi connectivity index (χ3n) is 2.95. The van der Waals surface area contributed by atoms with Crippen LogP contribution in [0.5, 0.6) is 0 Å². The second-order valence-corrected chi connectivity index (χ2v) is 4.02. The van der Waals surface area contributed by atoms with Crippen LogP contribution in [0.25, 0.3) is 0 Å². The van der Waals surface area contributed by atoms with Crippen molar-refractivity contribution < 1.29 is 9.53 Å². The molecule has 1 unspecified atom stereocenters. The normalized spacial score (nSPS) is 14.7. The average molecular weight is 215 g/mol. The van der Waals surface area contributed by atoms with E-state index in [2.05, 4.69) is 26.1 Å². The van der Waals surface area contributed by atoms with Gasteiger partial charge in [0.05, 0.1) is 13.5 Å². The lowest BCUT2D eigenvalue weighted by molar-refractivity contribution is -0.142. The molecule has 0 aromatic heterocycles. The number of esters is 1. The molecular weight excluding hydrogens is 190 g/mol. The highest BCUT2D eigenvalue weighted by atomic mass is 16.5. The van der Waals surface area contributed by atoms with Crippen molar-refractivity contribution in [2.75, 3.05) is 13.7 Å². The maximum absolute atomic E-state index is 11.4. The van der Waals surface area contributed by atoms with Gasteiger partial charge >= 0.3 is 5.97 Å². The lowest BCUT2D eigenvalue weighted by atomic mass is 9.86. The Morgan fingerprint density at radius 1 is 1.33 bits per heavy atom. The van der Waals surface area contributed by atoms with Gasteiger partial charge in [0.2, 0.25) is 0 Å². The van der Waals surface area contributed by atoms with E-state index in [1.165, 1.54) is 7.11 Å². The largest absolute Gasteiger partial charge is 0.469 e. The Bertz CT molecular complexity index is 182. The fourth-order valence-corrected chi connectivity index (χ4v) is 1.90. The first kappa shape index (κ1) is 14.4. The Balaban J connectivity index is 4.41. The van der Waals surface area contributed by atoms with Crippen molar-refractivity contribution >= 4 is 5.97 Å². The molecule has 0 aliphatic carbocycles. The molecule has 0 amide bonds. The molecule has 0 heterocycles. The lowest BCUT2D eigenvalue weighted by Gasteiger charge is -2.32. The minimum Gasteiger partial charge on any atom is -0.469 e. The maximum Gasteiger partial charge on any atom is 0.307 e. The van der Waals surface area contributed by atoms with E-state index in [0.29, 0.717) is 6.42 Å². The highest BCUT2D eigenvalue weighted by Crippen LogP contribution is 2.23. The maximum atomic E-state index is 11.4. The van der Waals surface area contributed by atoms with Crippen LogP contribution in [0.3, 0.4) is 0 Å². The number of hydrogen-bond acceptors (Lipinski definition) is 3. The Kier molecular flexibility index (Phi) is 7.39. The predicted octanol–water partition coefficient (Wildman–Crippen LogP) is 2.50. The van der Waals surface area contributed by atoms with Gasteiger partial charge in [0, 0.05) is 5.54 Å². The summed E-state index contributed by atoms with van der Waals surface area (Å²) in [7, 11) is 1.45. The van der Waals surface area contributed by atoms with Crippen molar-refractivity contribution in [1.29, 1.82) is 0 Å². The molecule has 0 aliphatic heterocycles. The minimum absolute atomic E-state index is 0.0577. The number of unbranched alkanes of at least 4 members (excludes halogenated alkanes) is 1. The quantitative estimate of drug-likeness (QED) is 0.632. The van der Waals surface area contributed by atoms with E-state index in [1.54, 1.807) is 0 Å². The van der Waals surface area contributed by atoms with E-state index in [0.717, 1.165) is 32.2 Å². The summed E-state index contributed by atoms with van der Waals surface area (Å²) < 4.78 is 4.75. The number of carbonyl (C=O) groups excluding carboxylic acids is 1. The summed E-state index contributed by atoms with van der Waals surface area (Å²) >= 11 is 0. The number of ether oxygens (including phenoxy) is 1. The molecule has 0 aliphatic rings. The van der Waals surface area contributed by atoms with E-state index in [1.807, 2.05) is 0 Å². The van der Waals surface area contributed by atoms with Crippen molar-refractivity contribution in [2.24, 2.45) is 0 Å². The highest BCUT2D eigenvalue weighted by Gasteiger charge is 2.29. The molecule has 3 heteroatoms. The smallest absolute Gasteiger partial charge is 0.307 e. The van der Waals surface area contributed by atoms with Gasteiger partial charge in [-0.2, -0.15) is 0 Å². The molecule has 90 valence electrons. The van der Waals surface area contributed by atoms with Crippen LogP contribution >= 0.6 is 0 Å². The van der Waals surface area contributed by atoms with E-state index >= 15 is 0 Å². The van der Waals surface area contributed by atoms with Crippen molar-refractivity contribution in [3.05, 3.63) is 0 Å². The monoisotopic (exact) mass is 215 g/mol. The number of rotatable bonds is 8. The first-order valence-corrected chi connectivity index (χ1v) is 5.96. The second kappa shape index (κ2) is 7.69. The predicted molar refractivity (Wildman–Crippen MR) is 62.9 cm³/mol. The zero-order chi connectivity index (χ0) is 11.7. The zero-order valence-electron chi connectivity index (χ0n) is 10.6. The molecule has 0 rings (SSSR count). The van der Waals surface area contributed by atoms with Gasteiger partial charge < -0.3 is 10.1 Å². The van der Waals surface area contributed by atoms with E-state index < -0.39 is 0 Å². The van der Waals surface area contributed by atoms with Crippen LogP contribution in [-0.2, 0) is 9.53 Å². The lowest BCUT2D eigenvalue weighted by Crippen LogP contribution is -2.46. The molecule has 0 aromatic carbocycles. The molecule has 1 atom stereocenters. The standard InChI is InChI=1S/C12H25NO2/c1-5-8-9-12(6-2,13-7-3)10-11(14)15-4/h13H,5-10H2,1-4H3. The summed E-state index contributed by atoms with van der Waals surface area (Å²) in [5.74, 6) is -0.117. The van der Waals surface area contributed by atoms with Crippen LogP contribution in [0.1, 0.15) is 52.9 Å². The fourth-order valence-electron chi connectivity index (χ4n) is 1.90. The summed E-state index contributed by atoms with van der Waals surface area (Å²) in [5.41, 5.74) is -0.0577. The number of hydrogen-bond donors (Lipinski definition) is 1. The Hall–Kier alpha value is -0.570. The summed E-state index contributed by atoms with van der Waals surface area (Å²) in [6.07, 6.45) is 4.80. The topological polar surface area (TPSA) is 38.3 Å². The summed E-state index contributed by atoms with van der Waals surface area (Å²) in [6.45, 7) is 7.27. The molecule has 0 fully saturated rings. The third-order valence-corrected chi connectivity index (χ3v) is 2.95. The Morgan fingerprint density at radius 3 is 2.40 bits per heavy atom. The summed E-state index contributed by atoms with van der Waals surface area (Å²) in [5, 5.41) is 3.44. The van der Waals surface area contributed by atoms with Crippen LogP contribution in [-0.4, -0.2) is 25.2 Å². The number of methoxy groups -OCH3 is 1. The van der Waals surface area contributed by atoms with Crippen molar-refractivity contribution in [2.45, 2.75) is 58.4 Å². The van der Waals surface area contributed by atoms with E-state index in [9.17, 15) is 4.79 Å². The molecule has 3 nitrogen and oxygen atoms in total. The fraction of sp³-hybridized carbons (Fsp3) is 0.917. The van der Waals surface area contributed by atoms with Gasteiger partial charge in [0.25, 0.3) is 0 Å². The van der Waals surface area contributed by atoms with Crippen molar-refractivity contribution in [3.8, 4) is 0 Å². The SMILES string of the molecule is CCCCC(CC)(CC(=O)OC)NCC. The van der Waals surface area contributed by atoms with Gasteiger partial charge in [0.15, 0.2) is 0 Å². The van der Waals surface area contributed by atoms with Gasteiger partial charge in [-0.15, -0.1) is 0 Å². The first-order chi connectivity index (χ1) is 7.14. The molecule has 0 bridgehead atoms. The van der Waals surface area contributed by atoms with Crippen LogP contribution in [0.4, 0.5) is 0 Å². The van der Waals surface area contributed by atoms with Crippen LogP contribution in [0.2, 0.25) is 0 Å².